The van der Waals surface area contributed by atoms with Crippen LogP contribution < -0.4 is 5.73 Å². The van der Waals surface area contributed by atoms with Crippen LogP contribution in [0.15, 0.2) is 27.8 Å². The van der Waals surface area contributed by atoms with Crippen molar-refractivity contribution in [2.24, 2.45) is 10.7 Å². The van der Waals surface area contributed by atoms with E-state index in [1.54, 1.807) is 11.1 Å². The van der Waals surface area contributed by atoms with E-state index in [0.29, 0.717) is 12.4 Å². The minimum absolute atomic E-state index is 0.279. The van der Waals surface area contributed by atoms with Gasteiger partial charge in [0.1, 0.15) is 11.9 Å². The van der Waals surface area contributed by atoms with E-state index in [2.05, 4.69) is 25.9 Å². The number of hydrogen-bond donors (Lipinski definition) is 1. The van der Waals surface area contributed by atoms with Crippen LogP contribution in [0.1, 0.15) is 25.1 Å². The molecule has 0 bridgehead atoms. The molecular weight excluding hydrogens is 284 g/mol. The van der Waals surface area contributed by atoms with Gasteiger partial charge in [-0.15, -0.1) is 0 Å². The Morgan fingerprint density at radius 2 is 2.29 bits per heavy atom. The molecule has 5 nitrogen and oxygen atoms in total. The van der Waals surface area contributed by atoms with Crippen molar-refractivity contribution in [2.45, 2.75) is 19.4 Å². The van der Waals surface area contributed by atoms with Gasteiger partial charge in [0.25, 0.3) is 0 Å². The second-order valence-electron chi connectivity index (χ2n) is 3.82. The molecule has 6 heteroatoms. The molecule has 1 aromatic heterocycles. The van der Waals surface area contributed by atoms with Gasteiger partial charge in [-0.2, -0.15) is 4.99 Å². The van der Waals surface area contributed by atoms with Crippen LogP contribution in [0.4, 0.5) is 4.79 Å². The Morgan fingerprint density at radius 1 is 1.53 bits per heavy atom. The van der Waals surface area contributed by atoms with E-state index in [1.807, 2.05) is 19.1 Å². The number of urea groups is 1. The maximum atomic E-state index is 11.6. The van der Waals surface area contributed by atoms with Crippen LogP contribution in [-0.2, 0) is 0 Å². The van der Waals surface area contributed by atoms with Crippen LogP contribution >= 0.6 is 15.9 Å². The summed E-state index contributed by atoms with van der Waals surface area (Å²) < 4.78 is 0.892. The number of nitrogens with two attached hydrogens (primary N) is 1. The molecule has 2 N–H and O–H groups in total. The van der Waals surface area contributed by atoms with Gasteiger partial charge in [-0.05, 0) is 34.5 Å². The SMILES string of the molecule is CCCN1C(=O)N=C(N)C1c1ccc(Br)cn1. The second-order valence-corrected chi connectivity index (χ2v) is 4.73. The molecule has 0 radical (unpaired) electrons. The van der Waals surface area contributed by atoms with Gasteiger partial charge < -0.3 is 10.6 Å². The highest BCUT2D eigenvalue weighted by atomic mass is 79.9. The number of halogens is 1. The van der Waals surface area contributed by atoms with Gasteiger partial charge in [0.05, 0.1) is 5.69 Å². The van der Waals surface area contributed by atoms with Gasteiger partial charge in [-0.25, -0.2) is 4.79 Å². The van der Waals surface area contributed by atoms with Crippen molar-refractivity contribution >= 4 is 27.8 Å². The molecule has 17 heavy (non-hydrogen) atoms. The average Bonchev–Trinajstić information content (AvgIpc) is 2.56. The van der Waals surface area contributed by atoms with Gasteiger partial charge in [0.15, 0.2) is 0 Å². The van der Waals surface area contributed by atoms with Crippen molar-refractivity contribution in [2.75, 3.05) is 6.54 Å². The summed E-state index contributed by atoms with van der Waals surface area (Å²) in [5.74, 6) is 0.318. The molecule has 0 aliphatic carbocycles. The normalized spacial score (nSPS) is 19.6. The molecule has 0 saturated carbocycles. The summed E-state index contributed by atoms with van der Waals surface area (Å²) in [6, 6.07) is 3.12. The first-order chi connectivity index (χ1) is 8.13. The van der Waals surface area contributed by atoms with Crippen molar-refractivity contribution in [3.05, 3.63) is 28.5 Å². The molecule has 1 atom stereocenters. The van der Waals surface area contributed by atoms with Gasteiger partial charge in [0, 0.05) is 17.2 Å². The Morgan fingerprint density at radius 3 is 2.88 bits per heavy atom. The van der Waals surface area contributed by atoms with Crippen molar-refractivity contribution in [1.82, 2.24) is 9.88 Å². The Hall–Kier alpha value is -1.43. The van der Waals surface area contributed by atoms with E-state index in [1.165, 1.54) is 0 Å². The first-order valence-corrected chi connectivity index (χ1v) is 6.19. The maximum absolute atomic E-state index is 11.6. The van der Waals surface area contributed by atoms with Crippen LogP contribution in [0.5, 0.6) is 0 Å². The van der Waals surface area contributed by atoms with E-state index in [0.717, 1.165) is 16.6 Å². The average molecular weight is 297 g/mol. The summed E-state index contributed by atoms with van der Waals surface area (Å²) in [6.45, 7) is 2.64. The van der Waals surface area contributed by atoms with Gasteiger partial charge in [0.2, 0.25) is 0 Å². The second kappa shape index (κ2) is 4.83. The monoisotopic (exact) mass is 296 g/mol. The Bertz CT molecular complexity index is 457. The van der Waals surface area contributed by atoms with Crippen molar-refractivity contribution < 1.29 is 4.79 Å². The molecule has 0 spiro atoms. The third-order valence-electron chi connectivity index (χ3n) is 2.56. The minimum Gasteiger partial charge on any atom is -0.385 e. The Labute approximate surface area is 108 Å². The topological polar surface area (TPSA) is 71.6 Å². The molecule has 1 aliphatic heterocycles. The highest BCUT2D eigenvalue weighted by molar-refractivity contribution is 9.10. The molecule has 2 rings (SSSR count). The van der Waals surface area contributed by atoms with E-state index < -0.39 is 0 Å². The lowest BCUT2D eigenvalue weighted by Crippen LogP contribution is -2.34. The first kappa shape index (κ1) is 12.0. The molecular formula is C11H13BrN4O. The molecule has 1 aliphatic rings. The fourth-order valence-electron chi connectivity index (χ4n) is 1.83. The summed E-state index contributed by atoms with van der Waals surface area (Å²) in [5, 5.41) is 0. The number of aliphatic imine (C=N–C) groups is 1. The number of amides is 2. The minimum atomic E-state index is -0.324. The summed E-state index contributed by atoms with van der Waals surface area (Å²) >= 11 is 3.32. The molecule has 2 heterocycles. The van der Waals surface area contributed by atoms with Gasteiger partial charge in [-0.3, -0.25) is 4.98 Å². The number of carbonyl (C=O) groups is 1. The quantitative estimate of drug-likeness (QED) is 0.928. The number of hydrogen-bond acceptors (Lipinski definition) is 3. The molecule has 1 unspecified atom stereocenters. The Kier molecular flexibility index (Phi) is 3.42. The van der Waals surface area contributed by atoms with Gasteiger partial charge in [-0.1, -0.05) is 6.92 Å². The number of nitrogens with zero attached hydrogens (tertiary/aromatic N) is 3. The lowest BCUT2D eigenvalue weighted by molar-refractivity contribution is 0.206. The Balaban J connectivity index is 2.31. The number of pyridine rings is 1. The molecule has 1 aromatic rings. The highest BCUT2D eigenvalue weighted by Crippen LogP contribution is 2.26. The van der Waals surface area contributed by atoms with Crippen LogP contribution in [0.25, 0.3) is 0 Å². The highest BCUT2D eigenvalue weighted by Gasteiger charge is 2.34. The number of amidine groups is 1. The first-order valence-electron chi connectivity index (χ1n) is 5.39. The smallest absolute Gasteiger partial charge is 0.346 e. The van der Waals surface area contributed by atoms with E-state index in [4.69, 9.17) is 5.73 Å². The number of carbonyl (C=O) groups excluding carboxylic acids is 1. The zero-order valence-corrected chi connectivity index (χ0v) is 11.0. The predicted octanol–water partition coefficient (Wildman–Crippen LogP) is 2.09. The fourth-order valence-corrected chi connectivity index (χ4v) is 2.07. The lowest BCUT2D eigenvalue weighted by Gasteiger charge is -2.23. The van der Waals surface area contributed by atoms with Crippen LogP contribution in [0.3, 0.4) is 0 Å². The largest absolute Gasteiger partial charge is 0.385 e. The van der Waals surface area contributed by atoms with Crippen molar-refractivity contribution in [3.8, 4) is 0 Å². The van der Waals surface area contributed by atoms with E-state index >= 15 is 0 Å². The van der Waals surface area contributed by atoms with E-state index in [9.17, 15) is 4.79 Å². The third kappa shape index (κ3) is 2.31. The summed E-state index contributed by atoms with van der Waals surface area (Å²) in [4.78, 5) is 21.4. The standard InChI is InChI=1S/C11H13BrN4O/c1-2-5-16-9(10(13)15-11(16)17)8-4-3-7(12)6-14-8/h3-4,6,9H,2,5H2,1H3,(H2,13,15,17). The molecule has 0 aromatic carbocycles. The lowest BCUT2D eigenvalue weighted by atomic mass is 10.1. The zero-order chi connectivity index (χ0) is 12.4. The van der Waals surface area contributed by atoms with Crippen molar-refractivity contribution in [3.63, 3.8) is 0 Å². The molecule has 0 fully saturated rings. The van der Waals surface area contributed by atoms with Crippen LogP contribution in [0, 0.1) is 0 Å². The number of rotatable bonds is 3. The summed E-state index contributed by atoms with van der Waals surface area (Å²) in [7, 11) is 0. The maximum Gasteiger partial charge on any atom is 0.346 e. The third-order valence-corrected chi connectivity index (χ3v) is 3.03. The van der Waals surface area contributed by atoms with Gasteiger partial charge >= 0.3 is 6.03 Å². The van der Waals surface area contributed by atoms with Crippen LogP contribution in [-0.4, -0.2) is 28.3 Å². The summed E-state index contributed by atoms with van der Waals surface area (Å²) in [5.41, 5.74) is 6.54. The van der Waals surface area contributed by atoms with Crippen molar-refractivity contribution in [1.29, 1.82) is 0 Å². The van der Waals surface area contributed by atoms with E-state index in [-0.39, 0.29) is 12.1 Å². The molecule has 90 valence electrons. The van der Waals surface area contributed by atoms with Crippen LogP contribution in [0.2, 0.25) is 0 Å². The molecule has 2 amide bonds. The predicted molar refractivity (Wildman–Crippen MR) is 68.7 cm³/mol. The molecule has 0 saturated heterocycles. The fraction of sp³-hybridized carbons (Fsp3) is 0.364. The number of aromatic nitrogens is 1. The summed E-state index contributed by atoms with van der Waals surface area (Å²) in [6.07, 6.45) is 2.55. The zero-order valence-electron chi connectivity index (χ0n) is 9.43.